The van der Waals surface area contributed by atoms with Crippen molar-refractivity contribution in [1.82, 2.24) is 5.32 Å². The highest BCUT2D eigenvalue weighted by atomic mass is 19.3. The maximum Gasteiger partial charge on any atom is 0.387 e. The van der Waals surface area contributed by atoms with Gasteiger partial charge in [-0.1, -0.05) is 26.0 Å². The van der Waals surface area contributed by atoms with Crippen LogP contribution in [0.5, 0.6) is 5.75 Å². The fraction of sp³-hybridized carbons (Fsp3) is 0.500. The number of hydrogen-bond donors (Lipinski definition) is 2. The molecule has 5 nitrogen and oxygen atoms in total. The lowest BCUT2D eigenvalue weighted by Gasteiger charge is -2.33. The first-order chi connectivity index (χ1) is 10.6. The zero-order valence-electron chi connectivity index (χ0n) is 13.3. The monoisotopic (exact) mass is 329 g/mol. The summed E-state index contributed by atoms with van der Waals surface area (Å²) in [6.45, 7) is 2.45. The number of alkyl halides is 2. The average Bonchev–Trinajstić information content (AvgIpc) is 2.39. The Hall–Kier alpha value is -2.18. The zero-order chi connectivity index (χ0) is 17.6. The van der Waals surface area contributed by atoms with Gasteiger partial charge in [0, 0.05) is 5.54 Å². The highest BCUT2D eigenvalue weighted by Crippen LogP contribution is 2.21. The van der Waals surface area contributed by atoms with Gasteiger partial charge >= 0.3 is 12.6 Å². The first kappa shape index (κ1) is 18.9. The lowest BCUT2D eigenvalue weighted by atomic mass is 9.85. The SMILES string of the molecule is CC(C)C(C)(CC(=O)O)NC(=O)Cc1ccc(OC(F)F)cc1. The van der Waals surface area contributed by atoms with Crippen LogP contribution < -0.4 is 10.1 Å². The lowest BCUT2D eigenvalue weighted by molar-refractivity contribution is -0.139. The Balaban J connectivity index is 2.69. The van der Waals surface area contributed by atoms with Gasteiger partial charge in [0.2, 0.25) is 5.91 Å². The number of carboxylic acids is 1. The minimum atomic E-state index is -2.90. The first-order valence-corrected chi connectivity index (χ1v) is 7.19. The van der Waals surface area contributed by atoms with Crippen molar-refractivity contribution in [2.75, 3.05) is 0 Å². The average molecular weight is 329 g/mol. The molecule has 0 bridgehead atoms. The van der Waals surface area contributed by atoms with E-state index in [4.69, 9.17) is 5.11 Å². The van der Waals surface area contributed by atoms with E-state index >= 15 is 0 Å². The Kier molecular flexibility index (Phi) is 6.48. The van der Waals surface area contributed by atoms with E-state index < -0.39 is 18.1 Å². The Bertz CT molecular complexity index is 546. The van der Waals surface area contributed by atoms with Gasteiger partial charge in [-0.2, -0.15) is 8.78 Å². The summed E-state index contributed by atoms with van der Waals surface area (Å²) in [5.74, 6) is -1.37. The largest absolute Gasteiger partial charge is 0.481 e. The highest BCUT2D eigenvalue weighted by molar-refractivity contribution is 5.80. The van der Waals surface area contributed by atoms with Gasteiger partial charge in [-0.05, 0) is 30.5 Å². The van der Waals surface area contributed by atoms with E-state index in [1.807, 2.05) is 13.8 Å². The van der Waals surface area contributed by atoms with Gasteiger partial charge in [0.05, 0.1) is 12.8 Å². The molecule has 0 aromatic heterocycles. The maximum atomic E-state index is 12.1. The van der Waals surface area contributed by atoms with Crippen molar-refractivity contribution >= 4 is 11.9 Å². The number of carbonyl (C=O) groups is 2. The van der Waals surface area contributed by atoms with Crippen LogP contribution >= 0.6 is 0 Å². The van der Waals surface area contributed by atoms with E-state index in [0.29, 0.717) is 5.56 Å². The van der Waals surface area contributed by atoms with Crippen LogP contribution in [0, 0.1) is 5.92 Å². The summed E-state index contributed by atoms with van der Waals surface area (Å²) < 4.78 is 28.4. The smallest absolute Gasteiger partial charge is 0.387 e. The molecule has 0 spiro atoms. The summed E-state index contributed by atoms with van der Waals surface area (Å²) >= 11 is 0. The molecule has 0 radical (unpaired) electrons. The van der Waals surface area contributed by atoms with Gasteiger partial charge < -0.3 is 15.2 Å². The van der Waals surface area contributed by atoms with E-state index in [0.717, 1.165) is 0 Å². The van der Waals surface area contributed by atoms with E-state index in [2.05, 4.69) is 10.1 Å². The predicted molar refractivity (Wildman–Crippen MR) is 80.4 cm³/mol. The van der Waals surface area contributed by atoms with E-state index in [9.17, 15) is 18.4 Å². The summed E-state index contributed by atoms with van der Waals surface area (Å²) in [6.07, 6.45) is -0.158. The molecule has 0 saturated heterocycles. The first-order valence-electron chi connectivity index (χ1n) is 7.19. The third-order valence-electron chi connectivity index (χ3n) is 3.73. The topological polar surface area (TPSA) is 75.6 Å². The van der Waals surface area contributed by atoms with Gasteiger partial charge in [-0.15, -0.1) is 0 Å². The van der Waals surface area contributed by atoms with Crippen LogP contribution in [0.4, 0.5) is 8.78 Å². The fourth-order valence-corrected chi connectivity index (χ4v) is 2.04. The van der Waals surface area contributed by atoms with Crippen molar-refractivity contribution < 1.29 is 28.2 Å². The Labute approximate surface area is 133 Å². The molecule has 2 N–H and O–H groups in total. The second kappa shape index (κ2) is 7.89. The minimum absolute atomic E-state index is 0.0158. The number of hydrogen-bond acceptors (Lipinski definition) is 3. The second-order valence-corrected chi connectivity index (χ2v) is 5.89. The van der Waals surface area contributed by atoms with Gasteiger partial charge in [0.1, 0.15) is 5.75 Å². The third kappa shape index (κ3) is 6.22. The molecular weight excluding hydrogens is 308 g/mol. The van der Waals surface area contributed by atoms with Gasteiger partial charge in [0.25, 0.3) is 0 Å². The van der Waals surface area contributed by atoms with Gasteiger partial charge in [-0.3, -0.25) is 9.59 Å². The zero-order valence-corrected chi connectivity index (χ0v) is 13.3. The van der Waals surface area contributed by atoms with Crippen LogP contribution in [0.1, 0.15) is 32.8 Å². The summed E-state index contributed by atoms with van der Waals surface area (Å²) in [4.78, 5) is 23.1. The molecule has 1 rings (SSSR count). The lowest BCUT2D eigenvalue weighted by Crippen LogP contribution is -2.51. The molecule has 0 aliphatic carbocycles. The molecule has 1 unspecified atom stereocenters. The van der Waals surface area contributed by atoms with Gasteiger partial charge in [-0.25, -0.2) is 0 Å². The van der Waals surface area contributed by atoms with E-state index in [-0.39, 0.29) is 30.4 Å². The molecule has 1 atom stereocenters. The quantitative estimate of drug-likeness (QED) is 0.769. The standard InChI is InChI=1S/C16H21F2NO4/c1-10(2)16(3,9-14(21)22)19-13(20)8-11-4-6-12(7-5-11)23-15(17)18/h4-7,10,15H,8-9H2,1-3H3,(H,19,20)(H,21,22). The molecule has 1 aromatic rings. The highest BCUT2D eigenvalue weighted by Gasteiger charge is 2.32. The van der Waals surface area contributed by atoms with Crippen molar-refractivity contribution in [3.63, 3.8) is 0 Å². The van der Waals surface area contributed by atoms with Crippen LogP contribution in [0.25, 0.3) is 0 Å². The molecule has 0 saturated carbocycles. The molecule has 0 aliphatic heterocycles. The predicted octanol–water partition coefficient (Wildman–Crippen LogP) is 2.84. The van der Waals surface area contributed by atoms with Crippen molar-refractivity contribution in [2.24, 2.45) is 5.92 Å². The molecule has 0 aliphatic rings. The summed E-state index contributed by atoms with van der Waals surface area (Å²) in [7, 11) is 0. The molecular formula is C16H21F2NO4. The summed E-state index contributed by atoms with van der Waals surface area (Å²) in [5.41, 5.74) is -0.243. The molecule has 23 heavy (non-hydrogen) atoms. The fourth-order valence-electron chi connectivity index (χ4n) is 2.04. The molecule has 0 fully saturated rings. The van der Waals surface area contributed by atoms with Crippen LogP contribution in [0.2, 0.25) is 0 Å². The van der Waals surface area contributed by atoms with Crippen LogP contribution in [0.15, 0.2) is 24.3 Å². The number of nitrogens with one attached hydrogen (secondary N) is 1. The van der Waals surface area contributed by atoms with Crippen molar-refractivity contribution in [3.8, 4) is 5.75 Å². The molecule has 1 amide bonds. The van der Waals surface area contributed by atoms with E-state index in [1.54, 1.807) is 6.92 Å². The number of rotatable bonds is 8. The number of amides is 1. The third-order valence-corrected chi connectivity index (χ3v) is 3.73. The molecule has 0 heterocycles. The molecule has 1 aromatic carbocycles. The number of carbonyl (C=O) groups excluding carboxylic acids is 1. The number of ether oxygens (including phenoxy) is 1. The van der Waals surface area contributed by atoms with Crippen LogP contribution in [-0.4, -0.2) is 29.1 Å². The summed E-state index contributed by atoms with van der Waals surface area (Å²) in [5, 5.41) is 11.7. The maximum absolute atomic E-state index is 12.1. The van der Waals surface area contributed by atoms with Crippen LogP contribution in [-0.2, 0) is 16.0 Å². The molecule has 128 valence electrons. The Morgan fingerprint density at radius 3 is 2.26 bits per heavy atom. The van der Waals surface area contributed by atoms with E-state index in [1.165, 1.54) is 24.3 Å². The van der Waals surface area contributed by atoms with Crippen LogP contribution in [0.3, 0.4) is 0 Å². The van der Waals surface area contributed by atoms with Crippen molar-refractivity contribution in [1.29, 1.82) is 0 Å². The number of carboxylic acid groups (broad SMARTS) is 1. The van der Waals surface area contributed by atoms with Crippen molar-refractivity contribution in [3.05, 3.63) is 29.8 Å². The number of halogens is 2. The molecule has 7 heteroatoms. The van der Waals surface area contributed by atoms with Crippen molar-refractivity contribution in [2.45, 2.75) is 45.8 Å². The number of aliphatic carboxylic acids is 1. The normalized spacial score (nSPS) is 13.7. The summed E-state index contributed by atoms with van der Waals surface area (Å²) in [6, 6.07) is 5.74. The Morgan fingerprint density at radius 1 is 1.26 bits per heavy atom. The van der Waals surface area contributed by atoms with Gasteiger partial charge in [0.15, 0.2) is 0 Å². The number of benzene rings is 1. The minimum Gasteiger partial charge on any atom is -0.481 e. The Morgan fingerprint density at radius 2 is 1.83 bits per heavy atom. The second-order valence-electron chi connectivity index (χ2n) is 5.89.